The smallest absolute Gasteiger partial charge is 0.412 e. The fourth-order valence-electron chi connectivity index (χ4n) is 3.63. The summed E-state index contributed by atoms with van der Waals surface area (Å²) in [6, 6.07) is 7.15. The average Bonchev–Trinajstić information content (AvgIpc) is 2.59. The minimum absolute atomic E-state index is 0.0361. The van der Waals surface area contributed by atoms with Crippen LogP contribution >= 0.6 is 0 Å². The third-order valence-electron chi connectivity index (χ3n) is 4.77. The third-order valence-corrected chi connectivity index (χ3v) is 4.77. The molecule has 6 nitrogen and oxygen atoms in total. The van der Waals surface area contributed by atoms with Gasteiger partial charge in [-0.3, -0.25) is 10.1 Å². The first-order valence-electron chi connectivity index (χ1n) is 9.36. The van der Waals surface area contributed by atoms with Crippen LogP contribution in [-0.2, 0) is 9.47 Å². The van der Waals surface area contributed by atoms with Gasteiger partial charge in [-0.05, 0) is 57.9 Å². The van der Waals surface area contributed by atoms with Gasteiger partial charge in [-0.2, -0.15) is 0 Å². The quantitative estimate of drug-likeness (QED) is 0.871. The van der Waals surface area contributed by atoms with Crippen LogP contribution in [0, 0.1) is 0 Å². The molecule has 142 valence electrons. The molecule has 2 aliphatic rings. The van der Waals surface area contributed by atoms with Crippen molar-refractivity contribution < 1.29 is 19.1 Å². The van der Waals surface area contributed by atoms with Crippen molar-refractivity contribution >= 4 is 17.7 Å². The number of anilines is 1. The Morgan fingerprint density at radius 1 is 1.15 bits per heavy atom. The number of carbonyl (C=O) groups excluding carboxylic acids is 2. The molecule has 1 heterocycles. The van der Waals surface area contributed by atoms with Gasteiger partial charge in [-0.1, -0.05) is 12.8 Å². The number of fused-ring (bicyclic) bond motifs is 1. The molecule has 2 atom stereocenters. The maximum atomic E-state index is 12.9. The summed E-state index contributed by atoms with van der Waals surface area (Å²) in [7, 11) is 0. The summed E-state index contributed by atoms with van der Waals surface area (Å²) < 4.78 is 11.1. The highest BCUT2D eigenvalue weighted by molar-refractivity contribution is 5.95. The predicted octanol–water partition coefficient (Wildman–Crippen LogP) is 3.82. The molecular formula is C20H28N2O4. The Hall–Kier alpha value is -2.08. The Kier molecular flexibility index (Phi) is 5.51. The molecule has 1 N–H and O–H groups in total. The summed E-state index contributed by atoms with van der Waals surface area (Å²) in [5, 5.41) is 2.68. The fraction of sp³-hybridized carbons (Fsp3) is 0.600. The number of hydrogen-bond acceptors (Lipinski definition) is 4. The van der Waals surface area contributed by atoms with E-state index in [2.05, 4.69) is 5.32 Å². The summed E-state index contributed by atoms with van der Waals surface area (Å²) in [6.45, 7) is 6.68. The monoisotopic (exact) mass is 360 g/mol. The van der Waals surface area contributed by atoms with Crippen molar-refractivity contribution in [3.8, 4) is 0 Å². The molecule has 1 saturated heterocycles. The molecule has 3 rings (SSSR count). The van der Waals surface area contributed by atoms with E-state index in [-0.39, 0.29) is 18.1 Å². The summed E-state index contributed by atoms with van der Waals surface area (Å²) in [4.78, 5) is 26.7. The first-order chi connectivity index (χ1) is 12.3. The van der Waals surface area contributed by atoms with Crippen LogP contribution in [0.5, 0.6) is 0 Å². The standard InChI is InChI=1S/C20H28N2O4/c1-20(2,3)26-19(24)21-15-10-8-14(9-11-15)18(23)22-12-13-25-17-7-5-4-6-16(17)22/h8-11,16-17H,4-7,12-13H2,1-3H3,(H,21,24)/t16-,17+/m1/s1. The molecule has 0 bridgehead atoms. The van der Waals surface area contributed by atoms with Crippen molar-refractivity contribution in [3.63, 3.8) is 0 Å². The number of morpholine rings is 1. The summed E-state index contributed by atoms with van der Waals surface area (Å²) >= 11 is 0. The van der Waals surface area contributed by atoms with Gasteiger partial charge in [0.1, 0.15) is 5.60 Å². The van der Waals surface area contributed by atoms with Crippen LogP contribution < -0.4 is 5.32 Å². The van der Waals surface area contributed by atoms with E-state index in [4.69, 9.17) is 9.47 Å². The van der Waals surface area contributed by atoms with Crippen LogP contribution in [0.4, 0.5) is 10.5 Å². The molecule has 6 heteroatoms. The molecule has 26 heavy (non-hydrogen) atoms. The number of hydrogen-bond donors (Lipinski definition) is 1. The van der Waals surface area contributed by atoms with Crippen LogP contribution in [0.3, 0.4) is 0 Å². The van der Waals surface area contributed by atoms with Gasteiger partial charge in [0.15, 0.2) is 0 Å². The van der Waals surface area contributed by atoms with Crippen molar-refractivity contribution in [1.82, 2.24) is 4.90 Å². The highest BCUT2D eigenvalue weighted by Gasteiger charge is 2.36. The molecule has 1 aromatic rings. The summed E-state index contributed by atoms with van der Waals surface area (Å²) in [5.41, 5.74) is 0.687. The number of ether oxygens (including phenoxy) is 2. The molecule has 2 fully saturated rings. The van der Waals surface area contributed by atoms with Crippen LogP contribution in [0.2, 0.25) is 0 Å². The Morgan fingerprint density at radius 3 is 2.54 bits per heavy atom. The second-order valence-electron chi connectivity index (χ2n) is 7.96. The Morgan fingerprint density at radius 2 is 1.85 bits per heavy atom. The van der Waals surface area contributed by atoms with Crippen LogP contribution in [0.25, 0.3) is 0 Å². The lowest BCUT2D eigenvalue weighted by atomic mass is 9.89. The van der Waals surface area contributed by atoms with E-state index in [1.165, 1.54) is 6.42 Å². The molecule has 0 spiro atoms. The van der Waals surface area contributed by atoms with Gasteiger partial charge in [-0.25, -0.2) is 4.79 Å². The predicted molar refractivity (Wildman–Crippen MR) is 99.3 cm³/mol. The Bertz CT molecular complexity index is 649. The molecule has 1 saturated carbocycles. The molecule has 1 aromatic carbocycles. The maximum Gasteiger partial charge on any atom is 0.412 e. The van der Waals surface area contributed by atoms with E-state index in [9.17, 15) is 9.59 Å². The zero-order chi connectivity index (χ0) is 18.7. The van der Waals surface area contributed by atoms with Gasteiger partial charge >= 0.3 is 6.09 Å². The molecule has 0 radical (unpaired) electrons. The van der Waals surface area contributed by atoms with Gasteiger partial charge in [0.05, 0.1) is 18.8 Å². The lowest BCUT2D eigenvalue weighted by molar-refractivity contribution is -0.0752. The van der Waals surface area contributed by atoms with E-state index >= 15 is 0 Å². The van der Waals surface area contributed by atoms with E-state index in [0.29, 0.717) is 24.4 Å². The van der Waals surface area contributed by atoms with Gasteiger partial charge in [0, 0.05) is 17.8 Å². The van der Waals surface area contributed by atoms with Crippen molar-refractivity contribution in [2.24, 2.45) is 0 Å². The lowest BCUT2D eigenvalue weighted by Gasteiger charge is -2.43. The number of benzene rings is 1. The number of rotatable bonds is 2. The van der Waals surface area contributed by atoms with Gasteiger partial charge in [0.2, 0.25) is 0 Å². The van der Waals surface area contributed by atoms with Crippen LogP contribution in [0.15, 0.2) is 24.3 Å². The molecule has 2 amide bonds. The van der Waals surface area contributed by atoms with E-state index in [1.54, 1.807) is 24.3 Å². The van der Waals surface area contributed by atoms with E-state index in [0.717, 1.165) is 19.3 Å². The average molecular weight is 360 g/mol. The summed E-state index contributed by atoms with van der Waals surface area (Å²) in [6.07, 6.45) is 4.03. The van der Waals surface area contributed by atoms with Crippen molar-refractivity contribution in [1.29, 1.82) is 0 Å². The van der Waals surface area contributed by atoms with Gasteiger partial charge < -0.3 is 14.4 Å². The normalized spacial score (nSPS) is 23.1. The SMILES string of the molecule is CC(C)(C)OC(=O)Nc1ccc(C(=O)N2CCO[C@H]3CCCC[C@H]32)cc1. The zero-order valence-electron chi connectivity index (χ0n) is 15.8. The Labute approximate surface area is 154 Å². The molecule has 1 aliphatic heterocycles. The largest absolute Gasteiger partial charge is 0.444 e. The van der Waals surface area contributed by atoms with E-state index in [1.807, 2.05) is 25.7 Å². The van der Waals surface area contributed by atoms with Crippen LogP contribution in [0.1, 0.15) is 56.8 Å². The maximum absolute atomic E-state index is 12.9. The second-order valence-corrected chi connectivity index (χ2v) is 7.96. The molecule has 1 aliphatic carbocycles. The Balaban J connectivity index is 1.64. The van der Waals surface area contributed by atoms with Gasteiger partial charge in [0.25, 0.3) is 5.91 Å². The summed E-state index contributed by atoms with van der Waals surface area (Å²) in [5.74, 6) is 0.0361. The molecule has 0 unspecified atom stereocenters. The van der Waals surface area contributed by atoms with E-state index < -0.39 is 11.7 Å². The van der Waals surface area contributed by atoms with Gasteiger partial charge in [-0.15, -0.1) is 0 Å². The topological polar surface area (TPSA) is 67.9 Å². The zero-order valence-corrected chi connectivity index (χ0v) is 15.8. The number of amides is 2. The second kappa shape index (κ2) is 7.66. The van der Waals surface area contributed by atoms with Crippen molar-refractivity contribution in [2.45, 2.75) is 64.2 Å². The molecular weight excluding hydrogens is 332 g/mol. The van der Waals surface area contributed by atoms with Crippen molar-refractivity contribution in [2.75, 3.05) is 18.5 Å². The first-order valence-corrected chi connectivity index (χ1v) is 9.36. The fourth-order valence-corrected chi connectivity index (χ4v) is 3.63. The van der Waals surface area contributed by atoms with Crippen molar-refractivity contribution in [3.05, 3.63) is 29.8 Å². The highest BCUT2D eigenvalue weighted by atomic mass is 16.6. The molecule has 0 aromatic heterocycles. The number of carbonyl (C=O) groups is 2. The minimum Gasteiger partial charge on any atom is -0.444 e. The number of nitrogens with zero attached hydrogens (tertiary/aromatic N) is 1. The number of nitrogens with one attached hydrogen (secondary N) is 1. The third kappa shape index (κ3) is 4.55. The highest BCUT2D eigenvalue weighted by Crippen LogP contribution is 2.29. The van der Waals surface area contributed by atoms with Crippen LogP contribution in [-0.4, -0.2) is 47.8 Å². The lowest BCUT2D eigenvalue weighted by Crippen LogP contribution is -2.54. The minimum atomic E-state index is -0.549. The first kappa shape index (κ1) is 18.7.